The van der Waals surface area contributed by atoms with Crippen molar-refractivity contribution in [3.8, 4) is 0 Å². The van der Waals surface area contributed by atoms with Crippen LogP contribution in [0.25, 0.3) is 0 Å². The molecule has 0 aromatic heterocycles. The van der Waals surface area contributed by atoms with Gasteiger partial charge in [-0.2, -0.15) is 6.42 Å². The van der Waals surface area contributed by atoms with Gasteiger partial charge in [-0.15, -0.1) is 0 Å². The molecule has 0 aliphatic rings. The van der Waals surface area contributed by atoms with Gasteiger partial charge in [0.2, 0.25) is 5.91 Å². The summed E-state index contributed by atoms with van der Waals surface area (Å²) in [4.78, 5) is 40.7. The number of hydrogen-bond donors (Lipinski definition) is 5. The minimum absolute atomic E-state index is 0. The van der Waals surface area contributed by atoms with E-state index in [2.05, 4.69) is 31.3 Å². The predicted molar refractivity (Wildman–Crippen MR) is 117 cm³/mol. The Bertz CT molecular complexity index is 359. The maximum absolute atomic E-state index is 11.4. The third-order valence-electron chi connectivity index (χ3n) is 4.16. The van der Waals surface area contributed by atoms with Crippen LogP contribution in [-0.2, 0) is 4.79 Å². The molecule has 0 heterocycles. The molecule has 0 atom stereocenters. The number of carbonyl (C=O) groups is 1. The van der Waals surface area contributed by atoms with Crippen LogP contribution < -0.4 is 34.9 Å². The Labute approximate surface area is 202 Å². The van der Waals surface area contributed by atoms with Crippen molar-refractivity contribution in [2.24, 2.45) is 0 Å². The molecule has 0 unspecified atom stereocenters. The van der Waals surface area contributed by atoms with Crippen LogP contribution in [0.5, 0.6) is 0 Å². The van der Waals surface area contributed by atoms with Crippen molar-refractivity contribution in [1.29, 1.82) is 0 Å². The van der Waals surface area contributed by atoms with Crippen molar-refractivity contribution in [2.75, 3.05) is 6.54 Å². The molecule has 6 nitrogen and oxygen atoms in total. The number of unbranched alkanes of at least 4 members (excludes halogenated alkanes) is 11. The number of carbonyl (C=O) groups excluding carboxylic acids is 1. The second-order valence-electron chi connectivity index (χ2n) is 7.14. The van der Waals surface area contributed by atoms with Crippen LogP contribution in [0.2, 0.25) is 0 Å². The van der Waals surface area contributed by atoms with Crippen molar-refractivity contribution >= 4 is 15.0 Å². The van der Waals surface area contributed by atoms with Crippen LogP contribution in [0.4, 0.5) is 0 Å². The van der Waals surface area contributed by atoms with Crippen molar-refractivity contribution in [2.45, 2.75) is 103 Å². The fourth-order valence-corrected chi connectivity index (χ4v) is 2.67. The summed E-state index contributed by atoms with van der Waals surface area (Å²) < 4.78 is 0. The van der Waals surface area contributed by atoms with Gasteiger partial charge in [0, 0.05) is 6.42 Å². The Morgan fingerprint density at radius 2 is 1.24 bits per heavy atom. The smallest absolute Gasteiger partial charge is 0.368 e. The average Bonchev–Trinajstić information content (AvgIpc) is 2.61. The Morgan fingerprint density at radius 3 is 1.69 bits per heavy atom. The second kappa shape index (κ2) is 26.3. The van der Waals surface area contributed by atoms with Gasteiger partial charge in [0.15, 0.2) is 0 Å². The largest absolute Gasteiger partial charge is 1.00 e. The first-order valence-electron chi connectivity index (χ1n) is 10.9. The summed E-state index contributed by atoms with van der Waals surface area (Å²) in [6.45, 7) is 6.69. The van der Waals surface area contributed by atoms with E-state index in [4.69, 9.17) is 19.2 Å². The zero-order valence-corrected chi connectivity index (χ0v) is 21.9. The average molecular weight is 442 g/mol. The van der Waals surface area contributed by atoms with E-state index in [1.165, 1.54) is 77.0 Å². The van der Waals surface area contributed by atoms with E-state index in [0.29, 0.717) is 13.0 Å². The quantitative estimate of drug-likeness (QED) is 0.0991. The molecule has 0 radical (unpaired) electrons. The SMILES string of the molecule is O[Si](O)(O)O.[CH2-]CCNC(=O)CCCCCCC/C=C\CCCCCCCC.[Na+]. The van der Waals surface area contributed by atoms with Gasteiger partial charge in [0.25, 0.3) is 0 Å². The molecule has 0 aliphatic carbocycles. The van der Waals surface area contributed by atoms with Crippen LogP contribution in [0.1, 0.15) is 103 Å². The van der Waals surface area contributed by atoms with Gasteiger partial charge in [0.05, 0.1) is 0 Å². The van der Waals surface area contributed by atoms with Gasteiger partial charge < -0.3 is 31.4 Å². The minimum atomic E-state index is -4.61. The van der Waals surface area contributed by atoms with Crippen LogP contribution in [-0.4, -0.2) is 40.7 Å². The summed E-state index contributed by atoms with van der Waals surface area (Å²) in [5.74, 6) is 0.186. The monoisotopic (exact) mass is 441 g/mol. The summed E-state index contributed by atoms with van der Waals surface area (Å²) in [5, 5.41) is 2.87. The van der Waals surface area contributed by atoms with Crippen LogP contribution >= 0.6 is 0 Å². The zero-order valence-electron chi connectivity index (χ0n) is 18.9. The van der Waals surface area contributed by atoms with Gasteiger partial charge in [-0.25, -0.2) is 0 Å². The van der Waals surface area contributed by atoms with Crippen LogP contribution in [0.3, 0.4) is 0 Å². The summed E-state index contributed by atoms with van der Waals surface area (Å²) in [7, 11) is -4.61. The standard InChI is InChI=1S/C21H40NO.Na.H4O4Si/c1-3-5-6-7-8-9-10-11-12-13-14-15-16-17-18-19-21(23)22-20-4-2;;1-5(2,3)4/h11-12H,2-10,13-20H2,1H3,(H,22,23);;1-4H/q-1;+1;/b12-11-;;. The van der Waals surface area contributed by atoms with Gasteiger partial charge in [-0.05, 0) is 38.6 Å². The van der Waals surface area contributed by atoms with Gasteiger partial charge in [-0.3, -0.25) is 4.79 Å². The molecule has 0 saturated heterocycles. The molecule has 0 aromatic carbocycles. The summed E-state index contributed by atoms with van der Waals surface area (Å²) >= 11 is 0. The van der Waals surface area contributed by atoms with Crippen LogP contribution in [0, 0.1) is 6.92 Å². The Balaban J connectivity index is -0.000000997. The van der Waals surface area contributed by atoms with E-state index in [1.807, 2.05) is 0 Å². The van der Waals surface area contributed by atoms with Crippen LogP contribution in [0.15, 0.2) is 12.2 Å². The summed E-state index contributed by atoms with van der Waals surface area (Å²) in [5.41, 5.74) is 0. The molecule has 0 aromatic rings. The molecule has 0 aliphatic heterocycles. The third-order valence-corrected chi connectivity index (χ3v) is 4.16. The topological polar surface area (TPSA) is 110 Å². The van der Waals surface area contributed by atoms with E-state index in [-0.39, 0.29) is 35.5 Å². The molecule has 29 heavy (non-hydrogen) atoms. The molecular weight excluding hydrogens is 397 g/mol. The second-order valence-corrected chi connectivity index (χ2v) is 8.34. The Hall–Kier alpha value is 0.267. The fraction of sp³-hybridized carbons (Fsp3) is 0.810. The van der Waals surface area contributed by atoms with Crippen molar-refractivity contribution in [1.82, 2.24) is 5.32 Å². The first kappa shape index (κ1) is 33.9. The van der Waals surface area contributed by atoms with E-state index >= 15 is 0 Å². The van der Waals surface area contributed by atoms with Gasteiger partial charge in [0.1, 0.15) is 0 Å². The molecule has 0 bridgehead atoms. The van der Waals surface area contributed by atoms with Gasteiger partial charge in [-0.1, -0.05) is 70.4 Å². The summed E-state index contributed by atoms with van der Waals surface area (Å²) in [6.07, 6.45) is 23.0. The Kier molecular flexibility index (Phi) is 30.7. The van der Waals surface area contributed by atoms with E-state index < -0.39 is 9.05 Å². The molecule has 8 heteroatoms. The molecule has 168 valence electrons. The van der Waals surface area contributed by atoms with Crippen molar-refractivity contribution in [3.05, 3.63) is 19.1 Å². The number of hydrogen-bond acceptors (Lipinski definition) is 5. The fourth-order valence-electron chi connectivity index (χ4n) is 2.67. The molecule has 1 amide bonds. The number of allylic oxidation sites excluding steroid dienone is 2. The molecule has 5 N–H and O–H groups in total. The Morgan fingerprint density at radius 1 is 0.828 bits per heavy atom. The zero-order chi connectivity index (χ0) is 21.5. The van der Waals surface area contributed by atoms with Gasteiger partial charge >= 0.3 is 38.6 Å². The maximum Gasteiger partial charge on any atom is 1.00 e. The number of nitrogens with one attached hydrogen (secondary N) is 1. The molecular formula is C21H44NNaO5Si. The number of amides is 1. The van der Waals surface area contributed by atoms with E-state index in [9.17, 15) is 4.79 Å². The van der Waals surface area contributed by atoms with Crippen molar-refractivity contribution in [3.63, 3.8) is 0 Å². The summed E-state index contributed by atoms with van der Waals surface area (Å²) in [6, 6.07) is 0. The predicted octanol–water partition coefficient (Wildman–Crippen LogP) is 0.759. The molecule has 0 fully saturated rings. The maximum atomic E-state index is 11.4. The van der Waals surface area contributed by atoms with Crippen molar-refractivity contribution < 1.29 is 53.5 Å². The number of rotatable bonds is 17. The first-order chi connectivity index (χ1) is 13.3. The molecule has 0 spiro atoms. The molecule has 0 rings (SSSR count). The molecule has 0 saturated carbocycles. The normalized spacial score (nSPS) is 11.0. The van der Waals surface area contributed by atoms with E-state index in [0.717, 1.165) is 12.8 Å². The minimum Gasteiger partial charge on any atom is -0.368 e. The van der Waals surface area contributed by atoms with E-state index in [1.54, 1.807) is 0 Å². The third kappa shape index (κ3) is 43.1. The first-order valence-corrected chi connectivity index (χ1v) is 12.7.